The van der Waals surface area contributed by atoms with Gasteiger partial charge in [-0.3, -0.25) is 4.79 Å². The van der Waals surface area contributed by atoms with Gasteiger partial charge in [-0.05, 0) is 38.0 Å². The molecule has 29 heavy (non-hydrogen) atoms. The average molecular weight is 396 g/mol. The smallest absolute Gasteiger partial charge is 0.317 e. The first-order chi connectivity index (χ1) is 14.0. The van der Waals surface area contributed by atoms with Crippen LogP contribution in [-0.4, -0.2) is 43.1 Å². The second-order valence-corrected chi connectivity index (χ2v) is 7.77. The lowest BCUT2D eigenvalue weighted by Crippen LogP contribution is -2.51. The number of amides is 3. The predicted molar refractivity (Wildman–Crippen MR) is 114 cm³/mol. The molecule has 1 fully saturated rings. The van der Waals surface area contributed by atoms with Gasteiger partial charge in [0.05, 0.1) is 13.0 Å². The van der Waals surface area contributed by atoms with Gasteiger partial charge in [0.25, 0.3) is 0 Å². The molecule has 0 bridgehead atoms. The van der Waals surface area contributed by atoms with Crippen LogP contribution in [0.15, 0.2) is 54.6 Å². The number of likely N-dealkylation sites (tertiary alicyclic amines) is 1. The number of hydrogen-bond donors (Lipinski definition) is 2. The van der Waals surface area contributed by atoms with E-state index in [1.54, 1.807) is 18.1 Å². The summed E-state index contributed by atoms with van der Waals surface area (Å²) in [7, 11) is 1.59. The van der Waals surface area contributed by atoms with Crippen molar-refractivity contribution in [1.82, 2.24) is 10.2 Å². The van der Waals surface area contributed by atoms with Gasteiger partial charge in [0.1, 0.15) is 5.75 Å². The zero-order valence-corrected chi connectivity index (χ0v) is 17.2. The van der Waals surface area contributed by atoms with Crippen molar-refractivity contribution < 1.29 is 14.3 Å². The number of benzene rings is 2. The summed E-state index contributed by atoms with van der Waals surface area (Å²) in [6.45, 7) is 4.87. The van der Waals surface area contributed by atoms with Crippen molar-refractivity contribution in [1.29, 1.82) is 0 Å². The fourth-order valence-electron chi connectivity index (χ4n) is 3.70. The van der Waals surface area contributed by atoms with Crippen molar-refractivity contribution in [2.24, 2.45) is 5.92 Å². The van der Waals surface area contributed by atoms with Crippen LogP contribution in [0, 0.1) is 5.92 Å². The molecule has 154 valence electrons. The van der Waals surface area contributed by atoms with E-state index in [1.807, 2.05) is 50.2 Å². The Morgan fingerprint density at radius 1 is 1.07 bits per heavy atom. The molecule has 6 nitrogen and oxygen atoms in total. The number of nitrogens with one attached hydrogen (secondary N) is 2. The highest BCUT2D eigenvalue weighted by molar-refractivity contribution is 5.93. The summed E-state index contributed by atoms with van der Waals surface area (Å²) < 4.78 is 5.23. The van der Waals surface area contributed by atoms with Crippen LogP contribution in [0.1, 0.15) is 31.7 Å². The first-order valence-corrected chi connectivity index (χ1v) is 10.0. The van der Waals surface area contributed by atoms with E-state index in [1.165, 1.54) is 0 Å². The van der Waals surface area contributed by atoms with E-state index in [-0.39, 0.29) is 29.8 Å². The molecule has 0 aromatic heterocycles. The SMILES string of the molecule is COc1cccc(NC(=O)C2CC(c3ccccc3)CN(C(=O)NC(C)C)C2)c1. The summed E-state index contributed by atoms with van der Waals surface area (Å²) in [5.41, 5.74) is 1.84. The molecule has 6 heteroatoms. The molecule has 2 aromatic rings. The quantitative estimate of drug-likeness (QED) is 0.808. The third kappa shape index (κ3) is 5.50. The second-order valence-electron chi connectivity index (χ2n) is 7.77. The summed E-state index contributed by atoms with van der Waals surface area (Å²) in [5.74, 6) is 0.426. The summed E-state index contributed by atoms with van der Waals surface area (Å²) in [4.78, 5) is 27.4. The highest BCUT2D eigenvalue weighted by atomic mass is 16.5. The minimum Gasteiger partial charge on any atom is -0.497 e. The molecule has 3 amide bonds. The van der Waals surface area contributed by atoms with Gasteiger partial charge in [0, 0.05) is 36.8 Å². The van der Waals surface area contributed by atoms with Crippen molar-refractivity contribution in [2.75, 3.05) is 25.5 Å². The minimum atomic E-state index is -0.293. The molecule has 3 rings (SSSR count). The number of anilines is 1. The molecule has 2 atom stereocenters. The molecule has 0 saturated carbocycles. The van der Waals surface area contributed by atoms with Crippen LogP contribution in [0.4, 0.5) is 10.5 Å². The van der Waals surface area contributed by atoms with E-state index in [2.05, 4.69) is 22.8 Å². The van der Waals surface area contributed by atoms with Gasteiger partial charge in [-0.1, -0.05) is 36.4 Å². The summed E-state index contributed by atoms with van der Waals surface area (Å²) in [6.07, 6.45) is 0.700. The van der Waals surface area contributed by atoms with E-state index >= 15 is 0 Å². The first-order valence-electron chi connectivity index (χ1n) is 10.0. The van der Waals surface area contributed by atoms with Gasteiger partial charge in [0.2, 0.25) is 5.91 Å². The largest absolute Gasteiger partial charge is 0.497 e. The fourth-order valence-corrected chi connectivity index (χ4v) is 3.70. The highest BCUT2D eigenvalue weighted by Gasteiger charge is 2.34. The molecule has 2 unspecified atom stereocenters. The average Bonchev–Trinajstić information content (AvgIpc) is 2.73. The van der Waals surface area contributed by atoms with Crippen LogP contribution in [0.3, 0.4) is 0 Å². The van der Waals surface area contributed by atoms with Crippen LogP contribution in [-0.2, 0) is 4.79 Å². The molecule has 1 heterocycles. The third-order valence-electron chi connectivity index (χ3n) is 5.13. The van der Waals surface area contributed by atoms with E-state index < -0.39 is 0 Å². The Morgan fingerprint density at radius 2 is 1.83 bits per heavy atom. The maximum absolute atomic E-state index is 13.0. The number of nitrogens with zero attached hydrogens (tertiary/aromatic N) is 1. The van der Waals surface area contributed by atoms with Crippen molar-refractivity contribution in [3.8, 4) is 5.75 Å². The van der Waals surface area contributed by atoms with E-state index in [9.17, 15) is 9.59 Å². The summed E-state index contributed by atoms with van der Waals surface area (Å²) in [5, 5.41) is 5.93. The van der Waals surface area contributed by atoms with E-state index in [0.717, 1.165) is 5.56 Å². The van der Waals surface area contributed by atoms with Crippen LogP contribution in [0.5, 0.6) is 5.75 Å². The van der Waals surface area contributed by atoms with Crippen LogP contribution >= 0.6 is 0 Å². The maximum atomic E-state index is 13.0. The maximum Gasteiger partial charge on any atom is 0.317 e. The molecular weight excluding hydrogens is 366 g/mol. The fraction of sp³-hybridized carbons (Fsp3) is 0.391. The number of carbonyl (C=O) groups is 2. The van der Waals surface area contributed by atoms with Crippen LogP contribution in [0.25, 0.3) is 0 Å². The van der Waals surface area contributed by atoms with Gasteiger partial charge in [0.15, 0.2) is 0 Å². The Hall–Kier alpha value is -3.02. The predicted octanol–water partition coefficient (Wildman–Crippen LogP) is 3.86. The third-order valence-corrected chi connectivity index (χ3v) is 5.13. The number of piperidine rings is 1. The minimum absolute atomic E-state index is 0.0451. The van der Waals surface area contributed by atoms with E-state index in [4.69, 9.17) is 4.74 Å². The molecule has 0 spiro atoms. The molecular formula is C23H29N3O3. The monoisotopic (exact) mass is 395 g/mol. The second kappa shape index (κ2) is 9.45. The zero-order valence-electron chi connectivity index (χ0n) is 17.2. The number of methoxy groups -OCH3 is 1. The lowest BCUT2D eigenvalue weighted by Gasteiger charge is -2.37. The topological polar surface area (TPSA) is 70.7 Å². The standard InChI is InChI=1S/C23H29N3O3/c1-16(2)24-23(28)26-14-18(17-8-5-4-6-9-17)12-19(15-26)22(27)25-20-10-7-11-21(13-20)29-3/h4-11,13,16,18-19H,12,14-15H2,1-3H3,(H,24,28)(H,25,27). The molecule has 0 radical (unpaired) electrons. The van der Waals surface area contributed by atoms with Gasteiger partial charge >= 0.3 is 6.03 Å². The number of urea groups is 1. The molecule has 2 aromatic carbocycles. The Kier molecular flexibility index (Phi) is 6.75. The summed E-state index contributed by atoms with van der Waals surface area (Å²) in [6, 6.07) is 17.3. The van der Waals surface area contributed by atoms with Gasteiger partial charge < -0.3 is 20.3 Å². The van der Waals surface area contributed by atoms with Crippen LogP contribution < -0.4 is 15.4 Å². The molecule has 0 aliphatic carbocycles. The summed E-state index contributed by atoms with van der Waals surface area (Å²) >= 11 is 0. The zero-order chi connectivity index (χ0) is 20.8. The normalized spacial score (nSPS) is 19.0. The molecule has 1 aliphatic rings. The van der Waals surface area contributed by atoms with Gasteiger partial charge in [-0.25, -0.2) is 4.79 Å². The Balaban J connectivity index is 1.77. The van der Waals surface area contributed by atoms with Crippen LogP contribution in [0.2, 0.25) is 0 Å². The number of carbonyl (C=O) groups excluding carboxylic acids is 2. The molecule has 2 N–H and O–H groups in total. The Bertz CT molecular complexity index is 838. The lowest BCUT2D eigenvalue weighted by atomic mass is 9.84. The molecule has 1 saturated heterocycles. The number of hydrogen-bond acceptors (Lipinski definition) is 3. The van der Waals surface area contributed by atoms with Crippen molar-refractivity contribution >= 4 is 17.6 Å². The van der Waals surface area contributed by atoms with Crippen molar-refractivity contribution in [2.45, 2.75) is 32.2 Å². The Morgan fingerprint density at radius 3 is 2.52 bits per heavy atom. The highest BCUT2D eigenvalue weighted by Crippen LogP contribution is 2.31. The van der Waals surface area contributed by atoms with Gasteiger partial charge in [-0.15, -0.1) is 0 Å². The lowest BCUT2D eigenvalue weighted by molar-refractivity contribution is -0.121. The number of ether oxygens (including phenoxy) is 1. The Labute approximate surface area is 172 Å². The van der Waals surface area contributed by atoms with Crippen molar-refractivity contribution in [3.63, 3.8) is 0 Å². The number of rotatable bonds is 5. The first kappa shape index (κ1) is 20.7. The van der Waals surface area contributed by atoms with E-state index in [0.29, 0.717) is 30.9 Å². The molecule has 1 aliphatic heterocycles. The van der Waals surface area contributed by atoms with Gasteiger partial charge in [-0.2, -0.15) is 0 Å². The van der Waals surface area contributed by atoms with Crippen molar-refractivity contribution in [3.05, 3.63) is 60.2 Å².